The van der Waals surface area contributed by atoms with Crippen LogP contribution in [0.25, 0.3) is 16.8 Å². The maximum Gasteiger partial charge on any atom is 0.287 e. The lowest BCUT2D eigenvalue weighted by Gasteiger charge is -2.05. The molecular formula is C19H15BrN4O2. The van der Waals surface area contributed by atoms with Crippen LogP contribution in [-0.2, 0) is 6.54 Å². The van der Waals surface area contributed by atoms with E-state index in [-0.39, 0.29) is 5.91 Å². The zero-order chi connectivity index (χ0) is 18.1. The van der Waals surface area contributed by atoms with E-state index in [2.05, 4.69) is 31.2 Å². The molecule has 26 heavy (non-hydrogen) atoms. The summed E-state index contributed by atoms with van der Waals surface area (Å²) >= 11 is 3.44. The monoisotopic (exact) mass is 410 g/mol. The minimum atomic E-state index is -0.242. The number of benzene rings is 1. The third kappa shape index (κ3) is 3.13. The number of hydrogen-bond acceptors (Lipinski definition) is 4. The Bertz CT molecular complexity index is 1070. The molecule has 7 heteroatoms. The molecule has 130 valence electrons. The van der Waals surface area contributed by atoms with E-state index in [9.17, 15) is 4.79 Å². The predicted molar refractivity (Wildman–Crippen MR) is 101 cm³/mol. The van der Waals surface area contributed by atoms with Gasteiger partial charge in [0.1, 0.15) is 17.7 Å². The maximum atomic E-state index is 12.5. The Hall–Kier alpha value is -2.93. The summed E-state index contributed by atoms with van der Waals surface area (Å²) in [6.07, 6.45) is 6.95. The molecule has 3 aromatic heterocycles. The first-order chi connectivity index (χ1) is 12.6. The number of aryl methyl sites for hydroxylation is 1. The van der Waals surface area contributed by atoms with Gasteiger partial charge >= 0.3 is 0 Å². The zero-order valence-electron chi connectivity index (χ0n) is 13.9. The van der Waals surface area contributed by atoms with Gasteiger partial charge in [-0.15, -0.1) is 0 Å². The third-order valence-electron chi connectivity index (χ3n) is 4.14. The topological polar surface area (TPSA) is 73.0 Å². The average molecular weight is 411 g/mol. The molecule has 0 aliphatic rings. The van der Waals surface area contributed by atoms with Crippen molar-refractivity contribution in [1.29, 1.82) is 0 Å². The Balaban J connectivity index is 1.48. The Morgan fingerprint density at radius 2 is 2.19 bits per heavy atom. The SMILES string of the molecule is Cc1c(C(=O)NCc2ccc(-n3ccnc3)nc2)oc2ccc(Br)cc12. The first-order valence-electron chi connectivity index (χ1n) is 8.02. The first-order valence-corrected chi connectivity index (χ1v) is 8.81. The van der Waals surface area contributed by atoms with Crippen LogP contribution in [0, 0.1) is 6.92 Å². The summed E-state index contributed by atoms with van der Waals surface area (Å²) in [5.74, 6) is 0.867. The van der Waals surface area contributed by atoms with Gasteiger partial charge in [-0.2, -0.15) is 0 Å². The summed E-state index contributed by atoms with van der Waals surface area (Å²) < 4.78 is 8.48. The molecule has 0 atom stereocenters. The number of amides is 1. The van der Waals surface area contributed by atoms with Crippen LogP contribution in [0.4, 0.5) is 0 Å². The van der Waals surface area contributed by atoms with Crippen molar-refractivity contribution in [1.82, 2.24) is 19.9 Å². The number of rotatable bonds is 4. The molecule has 0 radical (unpaired) electrons. The first kappa shape index (κ1) is 16.5. The highest BCUT2D eigenvalue weighted by Crippen LogP contribution is 2.28. The summed E-state index contributed by atoms with van der Waals surface area (Å²) in [5, 5.41) is 3.81. The summed E-state index contributed by atoms with van der Waals surface area (Å²) in [7, 11) is 0. The van der Waals surface area contributed by atoms with Crippen molar-refractivity contribution in [3.63, 3.8) is 0 Å². The van der Waals surface area contributed by atoms with E-state index in [4.69, 9.17) is 4.42 Å². The lowest BCUT2D eigenvalue weighted by atomic mass is 10.1. The quantitative estimate of drug-likeness (QED) is 0.551. The van der Waals surface area contributed by atoms with Crippen LogP contribution in [0.1, 0.15) is 21.7 Å². The van der Waals surface area contributed by atoms with Crippen molar-refractivity contribution in [2.24, 2.45) is 0 Å². The molecule has 0 saturated heterocycles. The Kier molecular flexibility index (Phi) is 4.30. The molecule has 4 aromatic rings. The van der Waals surface area contributed by atoms with Gasteiger partial charge in [-0.05, 0) is 36.8 Å². The highest BCUT2D eigenvalue weighted by molar-refractivity contribution is 9.10. The number of furan rings is 1. The van der Waals surface area contributed by atoms with Crippen LogP contribution in [0.5, 0.6) is 0 Å². The average Bonchev–Trinajstić information content (AvgIpc) is 3.29. The van der Waals surface area contributed by atoms with Crippen LogP contribution in [-0.4, -0.2) is 20.4 Å². The van der Waals surface area contributed by atoms with E-state index in [1.54, 1.807) is 18.7 Å². The minimum Gasteiger partial charge on any atom is -0.451 e. The van der Waals surface area contributed by atoms with E-state index in [1.165, 1.54) is 0 Å². The molecule has 0 spiro atoms. The molecule has 0 bridgehead atoms. The Morgan fingerprint density at radius 1 is 1.31 bits per heavy atom. The molecule has 0 aliphatic heterocycles. The summed E-state index contributed by atoms with van der Waals surface area (Å²) in [5.41, 5.74) is 2.42. The molecule has 0 saturated carbocycles. The van der Waals surface area contributed by atoms with Gasteiger partial charge in [-0.25, -0.2) is 9.97 Å². The third-order valence-corrected chi connectivity index (χ3v) is 4.63. The van der Waals surface area contributed by atoms with Gasteiger partial charge in [0.25, 0.3) is 5.91 Å². The molecule has 1 aromatic carbocycles. The number of pyridine rings is 1. The van der Waals surface area contributed by atoms with Crippen LogP contribution >= 0.6 is 15.9 Å². The zero-order valence-corrected chi connectivity index (χ0v) is 15.5. The van der Waals surface area contributed by atoms with Gasteiger partial charge in [-0.1, -0.05) is 22.0 Å². The molecule has 0 fully saturated rings. The predicted octanol–water partition coefficient (Wildman–Crippen LogP) is 4.01. The second-order valence-corrected chi connectivity index (χ2v) is 6.79. The Morgan fingerprint density at radius 3 is 2.92 bits per heavy atom. The number of carbonyl (C=O) groups excluding carboxylic acids is 1. The summed E-state index contributed by atoms with van der Waals surface area (Å²) in [6.45, 7) is 2.25. The molecular weight excluding hydrogens is 396 g/mol. The fraction of sp³-hybridized carbons (Fsp3) is 0.105. The van der Waals surface area contributed by atoms with E-state index < -0.39 is 0 Å². The molecule has 1 N–H and O–H groups in total. The number of nitrogens with one attached hydrogen (secondary N) is 1. The fourth-order valence-corrected chi connectivity index (χ4v) is 3.10. The second kappa shape index (κ2) is 6.76. The Labute approximate surface area is 158 Å². The van der Waals surface area contributed by atoms with Gasteiger partial charge < -0.3 is 9.73 Å². The standard InChI is InChI=1S/C19H15BrN4O2/c1-12-15-8-14(20)3-4-16(15)26-18(12)19(25)23-10-13-2-5-17(22-9-13)24-7-6-21-11-24/h2-9,11H,10H2,1H3,(H,23,25). The van der Waals surface area contributed by atoms with E-state index in [0.29, 0.717) is 17.9 Å². The minimum absolute atomic E-state index is 0.242. The van der Waals surface area contributed by atoms with Crippen molar-refractivity contribution in [3.05, 3.63) is 76.6 Å². The van der Waals surface area contributed by atoms with Crippen LogP contribution < -0.4 is 5.32 Å². The number of aromatic nitrogens is 3. The molecule has 1 amide bonds. The lowest BCUT2D eigenvalue weighted by molar-refractivity contribution is 0.0924. The smallest absolute Gasteiger partial charge is 0.287 e. The molecule has 4 rings (SSSR count). The van der Waals surface area contributed by atoms with E-state index in [1.807, 2.05) is 48.0 Å². The molecule has 0 unspecified atom stereocenters. The van der Waals surface area contributed by atoms with Crippen molar-refractivity contribution in [3.8, 4) is 5.82 Å². The van der Waals surface area contributed by atoms with Gasteiger partial charge in [-0.3, -0.25) is 9.36 Å². The van der Waals surface area contributed by atoms with Crippen LogP contribution in [0.15, 0.2) is 64.1 Å². The van der Waals surface area contributed by atoms with E-state index >= 15 is 0 Å². The van der Waals surface area contributed by atoms with E-state index in [0.717, 1.165) is 26.8 Å². The summed E-state index contributed by atoms with van der Waals surface area (Å²) in [4.78, 5) is 20.9. The molecule has 6 nitrogen and oxygen atoms in total. The van der Waals surface area contributed by atoms with Crippen LogP contribution in [0.2, 0.25) is 0 Å². The highest BCUT2D eigenvalue weighted by atomic mass is 79.9. The van der Waals surface area contributed by atoms with Crippen molar-refractivity contribution in [2.45, 2.75) is 13.5 Å². The lowest BCUT2D eigenvalue weighted by Crippen LogP contribution is -2.23. The number of hydrogen-bond donors (Lipinski definition) is 1. The summed E-state index contributed by atoms with van der Waals surface area (Å²) in [6, 6.07) is 9.49. The number of fused-ring (bicyclic) bond motifs is 1. The fourth-order valence-electron chi connectivity index (χ4n) is 2.74. The normalized spacial score (nSPS) is 11.0. The highest BCUT2D eigenvalue weighted by Gasteiger charge is 2.17. The molecule has 0 aliphatic carbocycles. The van der Waals surface area contributed by atoms with Crippen LogP contribution in [0.3, 0.4) is 0 Å². The number of carbonyl (C=O) groups is 1. The number of nitrogens with zero attached hydrogens (tertiary/aromatic N) is 3. The van der Waals surface area contributed by atoms with Gasteiger partial charge in [0.05, 0.1) is 0 Å². The number of imidazole rings is 1. The van der Waals surface area contributed by atoms with Crippen molar-refractivity contribution >= 4 is 32.8 Å². The second-order valence-electron chi connectivity index (χ2n) is 5.87. The molecule has 3 heterocycles. The van der Waals surface area contributed by atoms with Crippen molar-refractivity contribution in [2.75, 3.05) is 0 Å². The van der Waals surface area contributed by atoms with Gasteiger partial charge in [0.2, 0.25) is 0 Å². The maximum absolute atomic E-state index is 12.5. The van der Waals surface area contributed by atoms with Crippen molar-refractivity contribution < 1.29 is 9.21 Å². The number of halogens is 1. The van der Waals surface area contributed by atoms with Gasteiger partial charge in [0.15, 0.2) is 5.76 Å². The van der Waals surface area contributed by atoms with Gasteiger partial charge in [0, 0.05) is 40.6 Å². The largest absolute Gasteiger partial charge is 0.451 e.